The van der Waals surface area contributed by atoms with Gasteiger partial charge >= 0.3 is 0 Å². The molecule has 1 rings (SSSR count). The minimum Gasteiger partial charge on any atom is -0.271 e. The zero-order valence-corrected chi connectivity index (χ0v) is 12.0. The van der Waals surface area contributed by atoms with Crippen molar-refractivity contribution >= 4 is 11.6 Å². The highest BCUT2D eigenvalue weighted by atomic mass is 35.5. The normalized spacial score (nSPS) is 13.7. The molecule has 4 heteroatoms. The Bertz CT molecular complexity index is 368. The van der Waals surface area contributed by atoms with Crippen molar-refractivity contribution in [3.05, 3.63) is 34.6 Å². The number of benzene rings is 1. The second-order valence-electron chi connectivity index (χ2n) is 5.87. The van der Waals surface area contributed by atoms with Crippen molar-refractivity contribution in [2.24, 2.45) is 11.3 Å². The lowest BCUT2D eigenvalue weighted by atomic mass is 9.87. The summed E-state index contributed by atoms with van der Waals surface area (Å²) in [6, 6.07) is 4.79. The van der Waals surface area contributed by atoms with Crippen LogP contribution < -0.4 is 11.3 Å². The summed E-state index contributed by atoms with van der Waals surface area (Å²) in [4.78, 5) is 0. The largest absolute Gasteiger partial charge is 0.271 e. The van der Waals surface area contributed by atoms with Crippen LogP contribution in [0.3, 0.4) is 0 Å². The first-order valence-corrected chi connectivity index (χ1v) is 6.60. The molecule has 0 aliphatic carbocycles. The van der Waals surface area contributed by atoms with Crippen LogP contribution in [0, 0.1) is 11.2 Å². The predicted octanol–water partition coefficient (Wildman–Crippen LogP) is 3.68. The molecule has 1 aromatic rings. The van der Waals surface area contributed by atoms with E-state index < -0.39 is 0 Å². The average Bonchev–Trinajstić information content (AvgIpc) is 2.26. The van der Waals surface area contributed by atoms with Crippen molar-refractivity contribution < 1.29 is 4.39 Å². The molecule has 0 bridgehead atoms. The van der Waals surface area contributed by atoms with Crippen molar-refractivity contribution in [3.8, 4) is 0 Å². The molecule has 18 heavy (non-hydrogen) atoms. The lowest BCUT2D eigenvalue weighted by Crippen LogP contribution is -2.37. The van der Waals surface area contributed by atoms with E-state index in [-0.39, 0.29) is 17.3 Å². The van der Waals surface area contributed by atoms with E-state index in [1.807, 2.05) is 0 Å². The number of nitrogens with one attached hydrogen (secondary N) is 1. The van der Waals surface area contributed by atoms with E-state index in [1.54, 1.807) is 12.1 Å². The highest BCUT2D eigenvalue weighted by Crippen LogP contribution is 2.25. The van der Waals surface area contributed by atoms with Crippen LogP contribution in [-0.4, -0.2) is 6.04 Å². The summed E-state index contributed by atoms with van der Waals surface area (Å²) in [6.07, 6.45) is 2.43. The van der Waals surface area contributed by atoms with Gasteiger partial charge in [0, 0.05) is 16.6 Å². The van der Waals surface area contributed by atoms with Crippen molar-refractivity contribution in [2.75, 3.05) is 0 Å². The molecule has 0 aliphatic heterocycles. The molecule has 1 atom stereocenters. The second-order valence-corrected chi connectivity index (χ2v) is 6.27. The van der Waals surface area contributed by atoms with Crippen LogP contribution in [0.15, 0.2) is 18.2 Å². The molecular formula is C14H22ClFN2. The monoisotopic (exact) mass is 272 g/mol. The third-order valence-electron chi connectivity index (χ3n) is 2.99. The lowest BCUT2D eigenvalue weighted by Gasteiger charge is -2.23. The van der Waals surface area contributed by atoms with Crippen molar-refractivity contribution in [1.82, 2.24) is 5.43 Å². The summed E-state index contributed by atoms with van der Waals surface area (Å²) in [5.41, 5.74) is 3.53. The fourth-order valence-corrected chi connectivity index (χ4v) is 2.07. The molecule has 0 spiro atoms. The van der Waals surface area contributed by atoms with Gasteiger partial charge in [-0.1, -0.05) is 38.4 Å². The van der Waals surface area contributed by atoms with Gasteiger partial charge in [0.15, 0.2) is 0 Å². The number of nitrogens with two attached hydrogens (primary N) is 1. The molecule has 0 saturated heterocycles. The maximum absolute atomic E-state index is 13.7. The number of hydrazine groups is 1. The van der Waals surface area contributed by atoms with E-state index in [2.05, 4.69) is 26.2 Å². The van der Waals surface area contributed by atoms with Gasteiger partial charge in [-0.3, -0.25) is 11.3 Å². The standard InChI is InChI=1S/C14H22ClFN2/c1-14(2,3)8-7-10(18-17)9-11-12(15)5-4-6-13(11)16/h4-6,10,18H,7-9,17H2,1-3H3. The Labute approximate surface area is 114 Å². The van der Waals surface area contributed by atoms with Crippen LogP contribution in [0.1, 0.15) is 39.2 Å². The average molecular weight is 273 g/mol. The molecule has 2 nitrogen and oxygen atoms in total. The number of hydrogen-bond donors (Lipinski definition) is 2. The van der Waals surface area contributed by atoms with Gasteiger partial charge in [0.25, 0.3) is 0 Å². The van der Waals surface area contributed by atoms with Gasteiger partial charge in [0.1, 0.15) is 5.82 Å². The zero-order valence-electron chi connectivity index (χ0n) is 11.3. The first-order chi connectivity index (χ1) is 8.33. The molecule has 3 N–H and O–H groups in total. The van der Waals surface area contributed by atoms with Crippen LogP contribution in [0.2, 0.25) is 5.02 Å². The Balaban J connectivity index is 2.68. The lowest BCUT2D eigenvalue weighted by molar-refractivity contribution is 0.329. The predicted molar refractivity (Wildman–Crippen MR) is 74.9 cm³/mol. The fraction of sp³-hybridized carbons (Fsp3) is 0.571. The summed E-state index contributed by atoms with van der Waals surface area (Å²) in [5.74, 6) is 5.27. The smallest absolute Gasteiger partial charge is 0.127 e. The van der Waals surface area contributed by atoms with Gasteiger partial charge < -0.3 is 0 Å². The van der Waals surface area contributed by atoms with E-state index in [1.165, 1.54) is 6.07 Å². The van der Waals surface area contributed by atoms with Crippen molar-refractivity contribution in [1.29, 1.82) is 0 Å². The molecule has 0 fully saturated rings. The highest BCUT2D eigenvalue weighted by Gasteiger charge is 2.17. The summed E-state index contributed by atoms with van der Waals surface area (Å²) < 4.78 is 13.7. The summed E-state index contributed by atoms with van der Waals surface area (Å²) in [5, 5.41) is 0.464. The minimum absolute atomic E-state index is 0.0404. The topological polar surface area (TPSA) is 38.0 Å². The van der Waals surface area contributed by atoms with Crippen molar-refractivity contribution in [3.63, 3.8) is 0 Å². The Morgan fingerprint density at radius 2 is 2.06 bits per heavy atom. The van der Waals surface area contributed by atoms with Gasteiger partial charge in [-0.15, -0.1) is 0 Å². The molecule has 0 saturated carbocycles. The SMILES string of the molecule is CC(C)(C)CCC(Cc1c(F)cccc1Cl)NN. The van der Waals surface area contributed by atoms with E-state index >= 15 is 0 Å². The van der Waals surface area contributed by atoms with Gasteiger partial charge in [-0.05, 0) is 36.8 Å². The molecule has 102 valence electrons. The van der Waals surface area contributed by atoms with Gasteiger partial charge in [0.2, 0.25) is 0 Å². The van der Waals surface area contributed by atoms with Gasteiger partial charge in [-0.25, -0.2) is 4.39 Å². The summed E-state index contributed by atoms with van der Waals surface area (Å²) >= 11 is 6.01. The maximum Gasteiger partial charge on any atom is 0.127 e. The van der Waals surface area contributed by atoms with E-state index in [0.29, 0.717) is 17.0 Å². The van der Waals surface area contributed by atoms with E-state index in [9.17, 15) is 4.39 Å². The van der Waals surface area contributed by atoms with Gasteiger partial charge in [-0.2, -0.15) is 0 Å². The van der Waals surface area contributed by atoms with Crippen LogP contribution in [-0.2, 0) is 6.42 Å². The Hall–Kier alpha value is -0.640. The number of rotatable bonds is 5. The van der Waals surface area contributed by atoms with E-state index in [0.717, 1.165) is 12.8 Å². The molecule has 0 aromatic heterocycles. The van der Waals surface area contributed by atoms with Crippen LogP contribution in [0.5, 0.6) is 0 Å². The first-order valence-electron chi connectivity index (χ1n) is 6.22. The third kappa shape index (κ3) is 4.92. The first kappa shape index (κ1) is 15.4. The summed E-state index contributed by atoms with van der Waals surface area (Å²) in [7, 11) is 0. The van der Waals surface area contributed by atoms with Gasteiger partial charge in [0.05, 0.1) is 0 Å². The maximum atomic E-state index is 13.7. The molecule has 0 amide bonds. The number of hydrogen-bond acceptors (Lipinski definition) is 2. The van der Waals surface area contributed by atoms with E-state index in [4.69, 9.17) is 17.4 Å². The van der Waals surface area contributed by atoms with Crippen LogP contribution in [0.25, 0.3) is 0 Å². The molecule has 0 heterocycles. The third-order valence-corrected chi connectivity index (χ3v) is 3.34. The Morgan fingerprint density at radius 3 is 2.56 bits per heavy atom. The summed E-state index contributed by atoms with van der Waals surface area (Å²) in [6.45, 7) is 6.53. The molecule has 0 radical (unpaired) electrons. The quantitative estimate of drug-likeness (QED) is 0.634. The highest BCUT2D eigenvalue weighted by molar-refractivity contribution is 6.31. The second kappa shape index (κ2) is 6.50. The molecular weight excluding hydrogens is 251 g/mol. The minimum atomic E-state index is -0.265. The van der Waals surface area contributed by atoms with Crippen LogP contribution in [0.4, 0.5) is 4.39 Å². The van der Waals surface area contributed by atoms with Crippen LogP contribution >= 0.6 is 11.6 Å². The molecule has 0 aliphatic rings. The fourth-order valence-electron chi connectivity index (χ4n) is 1.83. The zero-order chi connectivity index (χ0) is 13.8. The van der Waals surface area contributed by atoms with Crippen molar-refractivity contribution in [2.45, 2.75) is 46.1 Å². The Morgan fingerprint density at radius 1 is 1.39 bits per heavy atom. The molecule has 1 aromatic carbocycles. The molecule has 1 unspecified atom stereocenters. The Kier molecular flexibility index (Phi) is 5.57. The number of halogens is 2.